The summed E-state index contributed by atoms with van der Waals surface area (Å²) in [6, 6.07) is 0. The molecule has 0 aromatic carbocycles. The summed E-state index contributed by atoms with van der Waals surface area (Å²) in [6.45, 7) is 10.1. The Morgan fingerprint density at radius 2 is 2.21 bits per heavy atom. The van der Waals surface area contributed by atoms with Crippen LogP contribution < -0.4 is 5.32 Å². The monoisotopic (exact) mass is 336 g/mol. The van der Waals surface area contributed by atoms with Crippen molar-refractivity contribution in [3.63, 3.8) is 0 Å². The van der Waals surface area contributed by atoms with Gasteiger partial charge in [0.25, 0.3) is 0 Å². The summed E-state index contributed by atoms with van der Waals surface area (Å²) in [5.74, 6) is 3.01. The standard InChI is InChI=1S/C17H32N6O/c1-5-24-15(13(2)3)6-9-19-17(18-4)23-10-7-14(8-11-23)16-20-12-21-22-16/h12-15H,5-11H2,1-4H3,(H,18,19)(H,20,21,22). The van der Waals surface area contributed by atoms with Gasteiger partial charge in [-0.15, -0.1) is 0 Å². The van der Waals surface area contributed by atoms with Crippen LogP contribution in [0.3, 0.4) is 0 Å². The third kappa shape index (κ3) is 5.19. The van der Waals surface area contributed by atoms with Gasteiger partial charge >= 0.3 is 0 Å². The molecule has 1 aliphatic rings. The van der Waals surface area contributed by atoms with E-state index in [0.717, 1.165) is 57.3 Å². The fourth-order valence-electron chi connectivity index (χ4n) is 3.26. The Balaban J connectivity index is 1.76. The van der Waals surface area contributed by atoms with Crippen LogP contribution in [0, 0.1) is 5.92 Å². The summed E-state index contributed by atoms with van der Waals surface area (Å²) < 4.78 is 5.81. The van der Waals surface area contributed by atoms with Crippen molar-refractivity contribution in [1.29, 1.82) is 0 Å². The van der Waals surface area contributed by atoms with Gasteiger partial charge in [0, 0.05) is 39.2 Å². The number of rotatable bonds is 7. The second kappa shape index (κ2) is 9.61. The second-order valence-corrected chi connectivity index (χ2v) is 6.63. The summed E-state index contributed by atoms with van der Waals surface area (Å²) >= 11 is 0. The number of likely N-dealkylation sites (tertiary alicyclic amines) is 1. The van der Waals surface area contributed by atoms with Crippen LogP contribution in [0.4, 0.5) is 0 Å². The van der Waals surface area contributed by atoms with Crippen molar-refractivity contribution >= 4 is 5.96 Å². The summed E-state index contributed by atoms with van der Waals surface area (Å²) in [5.41, 5.74) is 0. The molecule has 24 heavy (non-hydrogen) atoms. The number of aromatic amines is 1. The van der Waals surface area contributed by atoms with E-state index in [1.165, 1.54) is 0 Å². The number of piperidine rings is 1. The number of nitrogens with one attached hydrogen (secondary N) is 2. The smallest absolute Gasteiger partial charge is 0.193 e. The molecule has 1 aromatic rings. The number of aliphatic imine (C=N–C) groups is 1. The molecule has 2 heterocycles. The minimum Gasteiger partial charge on any atom is -0.378 e. The second-order valence-electron chi connectivity index (χ2n) is 6.63. The molecular formula is C17H32N6O. The van der Waals surface area contributed by atoms with Gasteiger partial charge in [-0.3, -0.25) is 10.1 Å². The third-order valence-electron chi connectivity index (χ3n) is 4.66. The molecule has 0 spiro atoms. The molecule has 1 saturated heterocycles. The molecule has 0 amide bonds. The third-order valence-corrected chi connectivity index (χ3v) is 4.66. The molecule has 1 aliphatic heterocycles. The van der Waals surface area contributed by atoms with Gasteiger partial charge in [0.1, 0.15) is 12.2 Å². The minimum absolute atomic E-state index is 0.304. The molecule has 1 fully saturated rings. The zero-order valence-electron chi connectivity index (χ0n) is 15.5. The highest BCUT2D eigenvalue weighted by molar-refractivity contribution is 5.79. The largest absolute Gasteiger partial charge is 0.378 e. The first-order valence-electron chi connectivity index (χ1n) is 9.08. The number of hydrogen-bond donors (Lipinski definition) is 2. The first kappa shape index (κ1) is 18.7. The predicted octanol–water partition coefficient (Wildman–Crippen LogP) is 2.01. The Bertz CT molecular complexity index is 479. The number of aromatic nitrogens is 3. The summed E-state index contributed by atoms with van der Waals surface area (Å²) in [4.78, 5) is 11.1. The zero-order valence-corrected chi connectivity index (χ0v) is 15.5. The molecule has 1 unspecified atom stereocenters. The molecule has 7 heteroatoms. The molecule has 0 radical (unpaired) electrons. The number of ether oxygens (including phenoxy) is 1. The maximum Gasteiger partial charge on any atom is 0.193 e. The molecule has 0 saturated carbocycles. The van der Waals surface area contributed by atoms with E-state index in [2.05, 4.69) is 51.2 Å². The van der Waals surface area contributed by atoms with Gasteiger partial charge in [-0.25, -0.2) is 4.98 Å². The highest BCUT2D eigenvalue weighted by Crippen LogP contribution is 2.24. The van der Waals surface area contributed by atoms with E-state index in [1.54, 1.807) is 6.33 Å². The Morgan fingerprint density at radius 3 is 2.75 bits per heavy atom. The molecule has 1 atom stereocenters. The maximum atomic E-state index is 5.81. The van der Waals surface area contributed by atoms with Crippen LogP contribution in [0.15, 0.2) is 11.3 Å². The highest BCUT2D eigenvalue weighted by atomic mass is 16.5. The Morgan fingerprint density at radius 1 is 1.46 bits per heavy atom. The zero-order chi connectivity index (χ0) is 17.4. The van der Waals surface area contributed by atoms with Crippen LogP contribution in [0.2, 0.25) is 0 Å². The van der Waals surface area contributed by atoms with Crippen molar-refractivity contribution < 1.29 is 4.74 Å². The first-order chi connectivity index (χ1) is 11.7. The predicted molar refractivity (Wildman–Crippen MR) is 96.2 cm³/mol. The van der Waals surface area contributed by atoms with Crippen molar-refractivity contribution in [3.8, 4) is 0 Å². The lowest BCUT2D eigenvalue weighted by molar-refractivity contribution is 0.0257. The van der Waals surface area contributed by atoms with E-state index >= 15 is 0 Å². The van der Waals surface area contributed by atoms with Gasteiger partial charge in [0.15, 0.2) is 5.96 Å². The van der Waals surface area contributed by atoms with E-state index in [1.807, 2.05) is 7.05 Å². The van der Waals surface area contributed by atoms with Crippen molar-refractivity contribution in [3.05, 3.63) is 12.2 Å². The molecule has 2 rings (SSSR count). The fraction of sp³-hybridized carbons (Fsp3) is 0.824. The summed E-state index contributed by atoms with van der Waals surface area (Å²) in [7, 11) is 1.85. The van der Waals surface area contributed by atoms with E-state index < -0.39 is 0 Å². The maximum absolute atomic E-state index is 5.81. The van der Waals surface area contributed by atoms with Gasteiger partial charge in [0.05, 0.1) is 6.10 Å². The Kier molecular flexibility index (Phi) is 7.49. The lowest BCUT2D eigenvalue weighted by Gasteiger charge is -2.33. The van der Waals surface area contributed by atoms with E-state index in [9.17, 15) is 0 Å². The molecule has 0 bridgehead atoms. The van der Waals surface area contributed by atoms with Gasteiger partial charge < -0.3 is 15.0 Å². The van der Waals surface area contributed by atoms with Crippen LogP contribution in [0.5, 0.6) is 0 Å². The summed E-state index contributed by atoms with van der Waals surface area (Å²) in [6.07, 6.45) is 5.04. The van der Waals surface area contributed by atoms with E-state index in [4.69, 9.17) is 4.74 Å². The van der Waals surface area contributed by atoms with Crippen LogP contribution >= 0.6 is 0 Å². The van der Waals surface area contributed by atoms with Gasteiger partial charge in [-0.1, -0.05) is 13.8 Å². The Labute approximate surface area is 145 Å². The molecule has 7 nitrogen and oxygen atoms in total. The van der Waals surface area contributed by atoms with Gasteiger partial charge in [-0.2, -0.15) is 5.10 Å². The fourth-order valence-corrected chi connectivity index (χ4v) is 3.26. The molecule has 1 aromatic heterocycles. The topological polar surface area (TPSA) is 78.4 Å². The Hall–Kier alpha value is -1.63. The number of H-pyrrole nitrogens is 1. The molecular weight excluding hydrogens is 304 g/mol. The lowest BCUT2D eigenvalue weighted by atomic mass is 9.96. The average Bonchev–Trinajstić information content (AvgIpc) is 3.12. The normalized spacial score (nSPS) is 18.2. The van der Waals surface area contributed by atoms with Crippen molar-refractivity contribution in [2.45, 2.75) is 52.1 Å². The van der Waals surface area contributed by atoms with Gasteiger partial charge in [0.2, 0.25) is 0 Å². The first-order valence-corrected chi connectivity index (χ1v) is 9.08. The minimum atomic E-state index is 0.304. The van der Waals surface area contributed by atoms with Crippen LogP contribution in [0.25, 0.3) is 0 Å². The molecule has 136 valence electrons. The average molecular weight is 336 g/mol. The van der Waals surface area contributed by atoms with Crippen molar-refractivity contribution in [1.82, 2.24) is 25.4 Å². The van der Waals surface area contributed by atoms with E-state index in [0.29, 0.717) is 17.9 Å². The van der Waals surface area contributed by atoms with Crippen LogP contribution in [0.1, 0.15) is 51.8 Å². The van der Waals surface area contributed by atoms with Crippen molar-refractivity contribution in [2.24, 2.45) is 10.9 Å². The number of guanidine groups is 1. The van der Waals surface area contributed by atoms with Gasteiger partial charge in [-0.05, 0) is 32.1 Å². The molecule has 0 aliphatic carbocycles. The quantitative estimate of drug-likeness (QED) is 0.588. The van der Waals surface area contributed by atoms with Crippen molar-refractivity contribution in [2.75, 3.05) is 33.3 Å². The van der Waals surface area contributed by atoms with E-state index in [-0.39, 0.29) is 0 Å². The summed E-state index contributed by atoms with van der Waals surface area (Å²) in [5, 5.41) is 10.4. The van der Waals surface area contributed by atoms with Crippen LogP contribution in [-0.2, 0) is 4.74 Å². The number of hydrogen-bond acceptors (Lipinski definition) is 4. The SMILES string of the molecule is CCOC(CCNC(=NC)N1CCC(c2ncn[nH]2)CC1)C(C)C. The number of nitrogens with zero attached hydrogens (tertiary/aromatic N) is 4. The highest BCUT2D eigenvalue weighted by Gasteiger charge is 2.24. The van der Waals surface area contributed by atoms with Crippen LogP contribution in [-0.4, -0.2) is 65.4 Å². The lowest BCUT2D eigenvalue weighted by Crippen LogP contribution is -2.46. The molecule has 2 N–H and O–H groups in total.